The summed E-state index contributed by atoms with van der Waals surface area (Å²) in [6, 6.07) is 0. The van der Waals surface area contributed by atoms with E-state index in [9.17, 15) is 9.59 Å². The maximum absolute atomic E-state index is 11.0. The molecule has 17 heavy (non-hydrogen) atoms. The van der Waals surface area contributed by atoms with Crippen molar-refractivity contribution in [2.24, 2.45) is 0 Å². The minimum absolute atomic E-state index is 0.190. The minimum atomic E-state index is -1.03. The molecule has 0 aliphatic heterocycles. The summed E-state index contributed by atoms with van der Waals surface area (Å²) in [6.07, 6.45) is 12.2. The fraction of sp³-hybridized carbons (Fsp3) is 0.714. The molecule has 3 nitrogen and oxygen atoms in total. The number of carbonyl (C=O) groups excluding carboxylic acids is 1. The summed E-state index contributed by atoms with van der Waals surface area (Å²) >= 11 is 0. The molecule has 1 N–H and O–H groups in total. The summed E-state index contributed by atoms with van der Waals surface area (Å²) in [7, 11) is 0. The lowest BCUT2D eigenvalue weighted by molar-refractivity contribution is -0.140. The molecule has 98 valence electrons. The highest BCUT2D eigenvalue weighted by Crippen LogP contribution is 2.06. The van der Waals surface area contributed by atoms with Crippen molar-refractivity contribution in [3.05, 3.63) is 12.2 Å². The van der Waals surface area contributed by atoms with Gasteiger partial charge in [0.1, 0.15) is 12.2 Å². The maximum atomic E-state index is 11.0. The molecule has 0 amide bonds. The van der Waals surface area contributed by atoms with Crippen LogP contribution in [0.4, 0.5) is 0 Å². The molecule has 3 heteroatoms. The molecule has 0 bridgehead atoms. The molecule has 0 fully saturated rings. The Hall–Kier alpha value is -1.12. The normalized spacial score (nSPS) is 10.9. The van der Waals surface area contributed by atoms with E-state index in [0.29, 0.717) is 12.8 Å². The van der Waals surface area contributed by atoms with Crippen LogP contribution in [0, 0.1) is 0 Å². The lowest BCUT2D eigenvalue weighted by Crippen LogP contribution is -2.05. The van der Waals surface area contributed by atoms with Crippen LogP contribution in [0.2, 0.25) is 0 Å². The van der Waals surface area contributed by atoms with Crippen molar-refractivity contribution < 1.29 is 14.7 Å². The first kappa shape index (κ1) is 15.9. The molecular formula is C14H24O3. The van der Waals surface area contributed by atoms with E-state index < -0.39 is 5.97 Å². The van der Waals surface area contributed by atoms with E-state index in [1.807, 2.05) is 6.08 Å². The summed E-state index contributed by atoms with van der Waals surface area (Å²) in [4.78, 5) is 21.3. The van der Waals surface area contributed by atoms with Gasteiger partial charge in [-0.2, -0.15) is 0 Å². The molecule has 0 spiro atoms. The van der Waals surface area contributed by atoms with Crippen LogP contribution in [0.25, 0.3) is 0 Å². The van der Waals surface area contributed by atoms with Crippen LogP contribution < -0.4 is 0 Å². The van der Waals surface area contributed by atoms with Gasteiger partial charge in [0.05, 0.1) is 0 Å². The van der Waals surface area contributed by atoms with E-state index in [0.717, 1.165) is 6.42 Å². The summed E-state index contributed by atoms with van der Waals surface area (Å²) in [5.41, 5.74) is 0. The van der Waals surface area contributed by atoms with Crippen molar-refractivity contribution in [1.29, 1.82) is 0 Å². The molecule has 0 aromatic carbocycles. The Morgan fingerprint density at radius 3 is 2.29 bits per heavy atom. The van der Waals surface area contributed by atoms with E-state index in [4.69, 9.17) is 5.11 Å². The smallest absolute Gasteiger partial charge is 0.310 e. The van der Waals surface area contributed by atoms with Crippen LogP contribution in [0.5, 0.6) is 0 Å². The number of ketones is 1. The monoisotopic (exact) mass is 240 g/mol. The zero-order valence-corrected chi connectivity index (χ0v) is 10.8. The highest BCUT2D eigenvalue weighted by molar-refractivity contribution is 5.94. The van der Waals surface area contributed by atoms with Gasteiger partial charge in [0.25, 0.3) is 0 Å². The van der Waals surface area contributed by atoms with Crippen molar-refractivity contribution in [1.82, 2.24) is 0 Å². The highest BCUT2D eigenvalue weighted by Gasteiger charge is 2.05. The van der Waals surface area contributed by atoms with Crippen LogP contribution in [0.15, 0.2) is 12.2 Å². The van der Waals surface area contributed by atoms with Gasteiger partial charge in [0.15, 0.2) is 0 Å². The molecule has 0 saturated carbocycles. The van der Waals surface area contributed by atoms with Gasteiger partial charge in [-0.3, -0.25) is 9.59 Å². The predicted octanol–water partition coefficient (Wildman–Crippen LogP) is 3.73. The molecule has 0 saturated heterocycles. The fourth-order valence-corrected chi connectivity index (χ4v) is 1.60. The Morgan fingerprint density at radius 1 is 1.00 bits per heavy atom. The molecule has 0 aliphatic carbocycles. The Morgan fingerprint density at radius 2 is 1.65 bits per heavy atom. The molecular weight excluding hydrogens is 216 g/mol. The molecule has 0 aromatic heterocycles. The van der Waals surface area contributed by atoms with Crippen molar-refractivity contribution >= 4 is 11.8 Å². The predicted molar refractivity (Wildman–Crippen MR) is 69.0 cm³/mol. The van der Waals surface area contributed by atoms with E-state index in [1.54, 1.807) is 0 Å². The van der Waals surface area contributed by atoms with E-state index in [-0.39, 0.29) is 12.2 Å². The van der Waals surface area contributed by atoms with Gasteiger partial charge in [-0.25, -0.2) is 0 Å². The first-order chi connectivity index (χ1) is 8.16. The lowest BCUT2D eigenvalue weighted by atomic mass is 10.1. The number of aliphatic carboxylic acids is 1. The third-order valence-electron chi connectivity index (χ3n) is 2.58. The number of carboxylic acids is 1. The summed E-state index contributed by atoms with van der Waals surface area (Å²) in [5.74, 6) is -1.22. The molecule has 0 aliphatic rings. The lowest BCUT2D eigenvalue weighted by Gasteiger charge is -1.96. The largest absolute Gasteiger partial charge is 0.481 e. The van der Waals surface area contributed by atoms with Gasteiger partial charge >= 0.3 is 5.97 Å². The average Bonchev–Trinajstić information content (AvgIpc) is 2.26. The number of rotatable bonds is 11. The third kappa shape index (κ3) is 12.8. The SMILES string of the molecule is CCCCCCC/C=C\CCC(=O)CC(=O)O. The van der Waals surface area contributed by atoms with E-state index in [2.05, 4.69) is 13.0 Å². The Balaban J connectivity index is 3.30. The minimum Gasteiger partial charge on any atom is -0.481 e. The van der Waals surface area contributed by atoms with Crippen LogP contribution >= 0.6 is 0 Å². The fourth-order valence-electron chi connectivity index (χ4n) is 1.60. The van der Waals surface area contributed by atoms with Crippen molar-refractivity contribution in [3.63, 3.8) is 0 Å². The zero-order chi connectivity index (χ0) is 12.9. The Kier molecular flexibility index (Phi) is 10.6. The number of Topliss-reactive ketones (excluding diaryl/α,β-unsaturated/α-hetero) is 1. The molecule has 0 unspecified atom stereocenters. The van der Waals surface area contributed by atoms with Crippen molar-refractivity contribution in [3.8, 4) is 0 Å². The summed E-state index contributed by atoms with van der Waals surface area (Å²) in [5, 5.41) is 8.39. The quantitative estimate of drug-likeness (QED) is 0.340. The third-order valence-corrected chi connectivity index (χ3v) is 2.58. The average molecular weight is 240 g/mol. The number of allylic oxidation sites excluding steroid dienone is 2. The zero-order valence-electron chi connectivity index (χ0n) is 10.8. The second-order valence-electron chi connectivity index (χ2n) is 4.32. The van der Waals surface area contributed by atoms with Crippen LogP contribution in [-0.2, 0) is 9.59 Å². The number of unbranched alkanes of at least 4 members (excludes halogenated alkanes) is 5. The van der Waals surface area contributed by atoms with Gasteiger partial charge in [0, 0.05) is 6.42 Å². The van der Waals surface area contributed by atoms with Gasteiger partial charge in [-0.1, -0.05) is 44.8 Å². The van der Waals surface area contributed by atoms with Crippen LogP contribution in [-0.4, -0.2) is 16.9 Å². The van der Waals surface area contributed by atoms with Crippen LogP contribution in [0.3, 0.4) is 0 Å². The number of hydrogen-bond donors (Lipinski definition) is 1. The van der Waals surface area contributed by atoms with Gasteiger partial charge < -0.3 is 5.11 Å². The number of carbonyl (C=O) groups is 2. The molecule has 0 atom stereocenters. The number of hydrogen-bond acceptors (Lipinski definition) is 2. The van der Waals surface area contributed by atoms with Crippen LogP contribution in [0.1, 0.15) is 64.7 Å². The first-order valence-electron chi connectivity index (χ1n) is 6.55. The summed E-state index contributed by atoms with van der Waals surface area (Å²) < 4.78 is 0. The molecule has 0 heterocycles. The second kappa shape index (κ2) is 11.4. The van der Waals surface area contributed by atoms with Gasteiger partial charge in [0.2, 0.25) is 0 Å². The molecule has 0 rings (SSSR count). The topological polar surface area (TPSA) is 54.4 Å². The first-order valence-corrected chi connectivity index (χ1v) is 6.55. The second-order valence-corrected chi connectivity index (χ2v) is 4.32. The highest BCUT2D eigenvalue weighted by atomic mass is 16.4. The van der Waals surface area contributed by atoms with E-state index >= 15 is 0 Å². The van der Waals surface area contributed by atoms with Gasteiger partial charge in [-0.05, 0) is 19.3 Å². The van der Waals surface area contributed by atoms with Crippen molar-refractivity contribution in [2.75, 3.05) is 0 Å². The van der Waals surface area contributed by atoms with Crippen molar-refractivity contribution in [2.45, 2.75) is 64.7 Å². The summed E-state index contributed by atoms with van der Waals surface area (Å²) in [6.45, 7) is 2.20. The Bertz CT molecular complexity index is 244. The molecule has 0 aromatic rings. The van der Waals surface area contributed by atoms with E-state index in [1.165, 1.54) is 32.1 Å². The molecule has 0 radical (unpaired) electrons. The number of carboxylic acid groups (broad SMARTS) is 1. The standard InChI is InChI=1S/C14H24O3/c1-2-3-4-5-6-7-8-9-10-11-13(15)12-14(16)17/h8-9H,2-7,10-12H2,1H3,(H,16,17)/b9-8-. The maximum Gasteiger partial charge on any atom is 0.310 e. The Labute approximate surface area is 104 Å². The van der Waals surface area contributed by atoms with Gasteiger partial charge in [-0.15, -0.1) is 0 Å².